The van der Waals surface area contributed by atoms with E-state index in [4.69, 9.17) is 4.74 Å². The highest BCUT2D eigenvalue weighted by atomic mass is 19.1. The Morgan fingerprint density at radius 2 is 2.19 bits per heavy atom. The molecule has 1 fully saturated rings. The van der Waals surface area contributed by atoms with E-state index in [1.54, 1.807) is 6.92 Å². The van der Waals surface area contributed by atoms with Crippen LogP contribution < -0.4 is 10.6 Å². The predicted molar refractivity (Wildman–Crippen MR) is 109 cm³/mol. The first-order valence-electron chi connectivity index (χ1n) is 10.1. The molecule has 3 atom stereocenters. The van der Waals surface area contributed by atoms with Crippen molar-refractivity contribution in [3.63, 3.8) is 0 Å². The summed E-state index contributed by atoms with van der Waals surface area (Å²) in [6.07, 6.45) is 1.60. The Morgan fingerprint density at radius 3 is 2.97 bits per heavy atom. The maximum absolute atomic E-state index is 14.2. The lowest BCUT2D eigenvalue weighted by Gasteiger charge is -2.29. The van der Waals surface area contributed by atoms with Gasteiger partial charge in [-0.3, -0.25) is 9.79 Å². The lowest BCUT2D eigenvalue weighted by atomic mass is 10.0. The summed E-state index contributed by atoms with van der Waals surface area (Å²) in [7, 11) is 0. The second kappa shape index (κ2) is 9.03. The molecule has 10 heteroatoms. The highest BCUT2D eigenvalue weighted by Gasteiger charge is 2.32. The molecule has 3 N–H and O–H groups in total. The van der Waals surface area contributed by atoms with Crippen molar-refractivity contribution in [3.8, 4) is 0 Å². The van der Waals surface area contributed by atoms with Gasteiger partial charge in [-0.2, -0.15) is 0 Å². The van der Waals surface area contributed by atoms with Gasteiger partial charge in [0, 0.05) is 12.2 Å². The van der Waals surface area contributed by atoms with Gasteiger partial charge >= 0.3 is 0 Å². The van der Waals surface area contributed by atoms with Crippen LogP contribution in [0.2, 0.25) is 0 Å². The van der Waals surface area contributed by atoms with E-state index in [1.165, 1.54) is 6.33 Å². The number of aliphatic hydroxyl groups excluding tert-OH is 1. The fourth-order valence-corrected chi connectivity index (χ4v) is 3.77. The van der Waals surface area contributed by atoms with E-state index in [0.717, 1.165) is 18.2 Å². The Balaban J connectivity index is 1.57. The summed E-state index contributed by atoms with van der Waals surface area (Å²) < 4.78 is 33.3. The predicted octanol–water partition coefficient (Wildman–Crippen LogP) is 1.89. The standard InChI is InChI=1S/C21H23F2N5O3/c1-2-14(12-7-11(22)3-4-13(12)23)28-21(30)19-18-15(8-24-19)25-10-26-20(18)27-16-9-31-6-5-17(16)29/h3-4,7,10,14,16-17,29H,2,5-6,8-9H2,1H3,(H,28,30)(H,25,26,27)/t14-,16+,17-/m1/s1. The van der Waals surface area contributed by atoms with E-state index in [0.29, 0.717) is 43.1 Å². The van der Waals surface area contributed by atoms with Crippen molar-refractivity contribution >= 4 is 17.4 Å². The quantitative estimate of drug-likeness (QED) is 0.645. The van der Waals surface area contributed by atoms with Gasteiger partial charge in [-0.25, -0.2) is 18.7 Å². The molecule has 31 heavy (non-hydrogen) atoms. The molecule has 0 bridgehead atoms. The van der Waals surface area contributed by atoms with E-state index in [-0.39, 0.29) is 23.9 Å². The molecule has 1 aromatic heterocycles. The first-order chi connectivity index (χ1) is 15.0. The van der Waals surface area contributed by atoms with E-state index in [2.05, 4.69) is 25.6 Å². The number of benzene rings is 1. The molecule has 4 rings (SSSR count). The van der Waals surface area contributed by atoms with Gasteiger partial charge in [0.05, 0.1) is 42.6 Å². The zero-order valence-corrected chi connectivity index (χ0v) is 16.9. The fourth-order valence-electron chi connectivity index (χ4n) is 3.77. The van der Waals surface area contributed by atoms with Crippen LogP contribution >= 0.6 is 0 Å². The number of hydrogen-bond acceptors (Lipinski definition) is 7. The number of rotatable bonds is 6. The number of carbonyl (C=O) groups excluding carboxylic acids is 1. The molecular formula is C21H23F2N5O3. The van der Waals surface area contributed by atoms with Crippen LogP contribution in [0.5, 0.6) is 0 Å². The van der Waals surface area contributed by atoms with Crippen molar-refractivity contribution in [2.24, 2.45) is 4.99 Å². The van der Waals surface area contributed by atoms with Gasteiger partial charge in [0.25, 0.3) is 5.91 Å². The maximum atomic E-state index is 14.2. The SMILES string of the molecule is CC[C@@H](NC(=O)C1=NCc2ncnc(N[C@H]3COCC[C@H]3O)c21)c1cc(F)ccc1F. The monoisotopic (exact) mass is 431 g/mol. The molecule has 0 radical (unpaired) electrons. The molecule has 2 aromatic rings. The molecule has 0 aliphatic carbocycles. The number of hydrogen-bond donors (Lipinski definition) is 3. The Morgan fingerprint density at radius 1 is 1.35 bits per heavy atom. The third kappa shape index (κ3) is 4.40. The zero-order valence-electron chi connectivity index (χ0n) is 16.9. The summed E-state index contributed by atoms with van der Waals surface area (Å²) >= 11 is 0. The second-order valence-corrected chi connectivity index (χ2v) is 7.49. The van der Waals surface area contributed by atoms with Gasteiger partial charge in [0.1, 0.15) is 29.5 Å². The molecule has 1 aromatic carbocycles. The first kappa shape index (κ1) is 21.3. The third-order valence-electron chi connectivity index (χ3n) is 5.45. The summed E-state index contributed by atoms with van der Waals surface area (Å²) in [6, 6.07) is 2.03. The fraction of sp³-hybridized carbons (Fsp3) is 0.429. The lowest BCUT2D eigenvalue weighted by Crippen LogP contribution is -2.43. The number of nitrogens with zero attached hydrogens (tertiary/aromatic N) is 3. The smallest absolute Gasteiger partial charge is 0.270 e. The summed E-state index contributed by atoms with van der Waals surface area (Å²) in [4.78, 5) is 25.8. The van der Waals surface area contributed by atoms with Crippen molar-refractivity contribution in [2.75, 3.05) is 18.5 Å². The number of aliphatic hydroxyl groups is 1. The molecule has 0 saturated carbocycles. The average molecular weight is 431 g/mol. The van der Waals surface area contributed by atoms with Crippen molar-refractivity contribution in [2.45, 2.75) is 44.5 Å². The molecule has 8 nitrogen and oxygen atoms in total. The molecule has 1 saturated heterocycles. The van der Waals surface area contributed by atoms with Gasteiger partial charge in [-0.05, 0) is 31.0 Å². The second-order valence-electron chi connectivity index (χ2n) is 7.49. The minimum absolute atomic E-state index is 0.0693. The van der Waals surface area contributed by atoms with Gasteiger partial charge in [-0.1, -0.05) is 6.92 Å². The van der Waals surface area contributed by atoms with Gasteiger partial charge in [0.15, 0.2) is 0 Å². The number of aromatic nitrogens is 2. The normalized spacial score (nSPS) is 21.2. The average Bonchev–Trinajstić information content (AvgIpc) is 3.21. The van der Waals surface area contributed by atoms with Gasteiger partial charge < -0.3 is 20.5 Å². The number of nitrogens with one attached hydrogen (secondary N) is 2. The van der Waals surface area contributed by atoms with Crippen LogP contribution in [-0.2, 0) is 16.1 Å². The lowest BCUT2D eigenvalue weighted by molar-refractivity contribution is -0.115. The number of fused-ring (bicyclic) bond motifs is 1. The molecule has 2 aliphatic rings. The number of ether oxygens (including phenoxy) is 1. The summed E-state index contributed by atoms with van der Waals surface area (Å²) in [6.45, 7) is 2.74. The van der Waals surface area contributed by atoms with Crippen molar-refractivity contribution in [1.29, 1.82) is 0 Å². The minimum atomic E-state index is -0.732. The number of anilines is 1. The molecule has 3 heterocycles. The molecule has 2 aliphatic heterocycles. The van der Waals surface area contributed by atoms with Gasteiger partial charge in [0.2, 0.25) is 0 Å². The van der Waals surface area contributed by atoms with Crippen LogP contribution in [-0.4, -0.2) is 52.1 Å². The van der Waals surface area contributed by atoms with Crippen molar-refractivity contribution in [3.05, 3.63) is 53.0 Å². The minimum Gasteiger partial charge on any atom is -0.391 e. The van der Waals surface area contributed by atoms with E-state index in [1.807, 2.05) is 0 Å². The van der Waals surface area contributed by atoms with Crippen molar-refractivity contribution in [1.82, 2.24) is 15.3 Å². The largest absolute Gasteiger partial charge is 0.391 e. The van der Waals surface area contributed by atoms with Crippen molar-refractivity contribution < 1.29 is 23.4 Å². The summed E-state index contributed by atoms with van der Waals surface area (Å²) in [5.41, 5.74) is 1.19. The Hall–Kier alpha value is -2.98. The summed E-state index contributed by atoms with van der Waals surface area (Å²) in [5, 5.41) is 16.1. The van der Waals surface area contributed by atoms with Crippen LogP contribution in [0.4, 0.5) is 14.6 Å². The maximum Gasteiger partial charge on any atom is 0.270 e. The van der Waals surface area contributed by atoms with Crippen LogP contribution in [0, 0.1) is 11.6 Å². The highest BCUT2D eigenvalue weighted by molar-refractivity contribution is 6.47. The van der Waals surface area contributed by atoms with Crippen LogP contribution in [0.15, 0.2) is 29.5 Å². The molecule has 164 valence electrons. The van der Waals surface area contributed by atoms with E-state index >= 15 is 0 Å². The van der Waals surface area contributed by atoms with Crippen LogP contribution in [0.3, 0.4) is 0 Å². The molecule has 1 amide bonds. The first-order valence-corrected chi connectivity index (χ1v) is 10.1. The Labute approximate surface area is 177 Å². The molecule has 0 spiro atoms. The Bertz CT molecular complexity index is 1020. The summed E-state index contributed by atoms with van der Waals surface area (Å²) in [5.74, 6) is -1.34. The zero-order chi connectivity index (χ0) is 22.0. The van der Waals surface area contributed by atoms with E-state index in [9.17, 15) is 18.7 Å². The van der Waals surface area contributed by atoms with Crippen LogP contribution in [0.1, 0.15) is 42.6 Å². The number of aliphatic imine (C=N–C) groups is 1. The van der Waals surface area contributed by atoms with E-state index < -0.39 is 29.7 Å². The van der Waals surface area contributed by atoms with Gasteiger partial charge in [-0.15, -0.1) is 0 Å². The molecule has 0 unspecified atom stereocenters. The Kier molecular flexibility index (Phi) is 6.19. The molecular weight excluding hydrogens is 408 g/mol. The number of halogens is 2. The number of amides is 1. The number of carbonyl (C=O) groups is 1. The highest BCUT2D eigenvalue weighted by Crippen LogP contribution is 2.27. The third-order valence-corrected chi connectivity index (χ3v) is 5.45. The topological polar surface area (TPSA) is 109 Å². The van der Waals surface area contributed by atoms with Crippen LogP contribution in [0.25, 0.3) is 0 Å².